The Morgan fingerprint density at radius 2 is 1.89 bits per heavy atom. The quantitative estimate of drug-likeness (QED) is 0.743. The van der Waals surface area contributed by atoms with Gasteiger partial charge in [-0.1, -0.05) is 56.3 Å². The summed E-state index contributed by atoms with van der Waals surface area (Å²) in [4.78, 5) is 17.0. The van der Waals surface area contributed by atoms with Crippen LogP contribution in [-0.2, 0) is 17.9 Å². The summed E-state index contributed by atoms with van der Waals surface area (Å²) in [6.07, 6.45) is 1.71. The number of hydrogen-bond donors (Lipinski definition) is 1. The largest absolute Gasteiger partial charge is 0.365 e. The third-order valence-corrected chi connectivity index (χ3v) is 4.95. The molecule has 5 nitrogen and oxygen atoms in total. The SMILES string of the molecule is CC(C)c1ccc(NC(=O)c2ncn3c2CO[C@@H](c2ccccc2)C3)cc1. The summed E-state index contributed by atoms with van der Waals surface area (Å²) in [6.45, 7) is 5.32. The second kappa shape index (κ2) is 7.37. The maximum absolute atomic E-state index is 12.7. The number of ether oxygens (including phenoxy) is 1. The summed E-state index contributed by atoms with van der Waals surface area (Å²) < 4.78 is 8.00. The van der Waals surface area contributed by atoms with Crippen molar-refractivity contribution in [3.05, 3.63) is 83.4 Å². The van der Waals surface area contributed by atoms with Crippen molar-refractivity contribution in [3.8, 4) is 0 Å². The van der Waals surface area contributed by atoms with Crippen LogP contribution in [0.2, 0.25) is 0 Å². The number of hydrogen-bond acceptors (Lipinski definition) is 3. The van der Waals surface area contributed by atoms with Crippen molar-refractivity contribution in [2.24, 2.45) is 0 Å². The third-order valence-electron chi connectivity index (χ3n) is 4.95. The van der Waals surface area contributed by atoms with Crippen molar-refractivity contribution < 1.29 is 9.53 Å². The van der Waals surface area contributed by atoms with Crippen molar-refractivity contribution in [3.63, 3.8) is 0 Å². The van der Waals surface area contributed by atoms with E-state index in [1.807, 2.05) is 47.0 Å². The van der Waals surface area contributed by atoms with Crippen molar-refractivity contribution in [2.75, 3.05) is 5.32 Å². The Kier molecular flexibility index (Phi) is 4.77. The number of carbonyl (C=O) groups is 1. The lowest BCUT2D eigenvalue weighted by Crippen LogP contribution is -2.23. The second-order valence-electron chi connectivity index (χ2n) is 7.13. The van der Waals surface area contributed by atoms with Gasteiger partial charge in [0.1, 0.15) is 6.10 Å². The van der Waals surface area contributed by atoms with Gasteiger partial charge in [-0.05, 0) is 29.2 Å². The van der Waals surface area contributed by atoms with Gasteiger partial charge in [0.25, 0.3) is 5.91 Å². The molecular formula is C22H23N3O2. The molecule has 0 unspecified atom stereocenters. The van der Waals surface area contributed by atoms with E-state index in [0.29, 0.717) is 24.8 Å². The van der Waals surface area contributed by atoms with Crippen molar-refractivity contribution in [1.82, 2.24) is 9.55 Å². The molecule has 1 aromatic heterocycles. The van der Waals surface area contributed by atoms with E-state index >= 15 is 0 Å². The van der Waals surface area contributed by atoms with Crippen molar-refractivity contribution >= 4 is 11.6 Å². The molecule has 1 atom stereocenters. The van der Waals surface area contributed by atoms with Gasteiger partial charge in [0.05, 0.1) is 25.2 Å². The zero-order chi connectivity index (χ0) is 18.8. The highest BCUT2D eigenvalue weighted by Gasteiger charge is 2.26. The van der Waals surface area contributed by atoms with Crippen LogP contribution in [0.4, 0.5) is 5.69 Å². The molecule has 4 rings (SSSR count). The highest BCUT2D eigenvalue weighted by Crippen LogP contribution is 2.28. The normalized spacial score (nSPS) is 16.2. The van der Waals surface area contributed by atoms with E-state index < -0.39 is 0 Å². The predicted octanol–water partition coefficient (Wildman–Crippen LogP) is 4.53. The van der Waals surface area contributed by atoms with E-state index in [-0.39, 0.29) is 12.0 Å². The molecule has 1 amide bonds. The molecule has 2 aromatic carbocycles. The van der Waals surface area contributed by atoms with Crippen LogP contribution in [0.15, 0.2) is 60.9 Å². The van der Waals surface area contributed by atoms with E-state index in [4.69, 9.17) is 4.74 Å². The zero-order valence-corrected chi connectivity index (χ0v) is 15.6. The van der Waals surface area contributed by atoms with Gasteiger partial charge in [-0.25, -0.2) is 4.98 Å². The molecule has 3 aromatic rings. The number of fused-ring (bicyclic) bond motifs is 1. The first-order chi connectivity index (χ1) is 13.1. The van der Waals surface area contributed by atoms with Gasteiger partial charge in [0, 0.05) is 5.69 Å². The van der Waals surface area contributed by atoms with Crippen molar-refractivity contribution in [2.45, 2.75) is 39.0 Å². The third kappa shape index (κ3) is 3.64. The number of aromatic nitrogens is 2. The minimum absolute atomic E-state index is 0.0209. The summed E-state index contributed by atoms with van der Waals surface area (Å²) >= 11 is 0. The molecule has 1 aliphatic rings. The first-order valence-electron chi connectivity index (χ1n) is 9.23. The highest BCUT2D eigenvalue weighted by molar-refractivity contribution is 6.03. The highest BCUT2D eigenvalue weighted by atomic mass is 16.5. The maximum Gasteiger partial charge on any atom is 0.276 e. The molecule has 27 heavy (non-hydrogen) atoms. The lowest BCUT2D eigenvalue weighted by atomic mass is 10.0. The summed E-state index contributed by atoms with van der Waals surface area (Å²) in [6, 6.07) is 18.0. The van der Waals surface area contributed by atoms with Crippen molar-refractivity contribution in [1.29, 1.82) is 0 Å². The molecule has 0 saturated carbocycles. The number of benzene rings is 2. The van der Waals surface area contributed by atoms with E-state index in [2.05, 4.69) is 36.3 Å². The van der Waals surface area contributed by atoms with Crippen LogP contribution in [0.1, 0.15) is 53.2 Å². The summed E-state index contributed by atoms with van der Waals surface area (Å²) in [5.41, 5.74) is 4.39. The van der Waals surface area contributed by atoms with Crippen LogP contribution >= 0.6 is 0 Å². The van der Waals surface area contributed by atoms with E-state index in [1.165, 1.54) is 5.56 Å². The van der Waals surface area contributed by atoms with Gasteiger partial charge < -0.3 is 14.6 Å². The molecule has 0 saturated heterocycles. The molecule has 0 fully saturated rings. The average molecular weight is 361 g/mol. The van der Waals surface area contributed by atoms with E-state index in [9.17, 15) is 4.79 Å². The maximum atomic E-state index is 12.7. The molecule has 1 aliphatic heterocycles. The van der Waals surface area contributed by atoms with Gasteiger partial charge in [-0.2, -0.15) is 0 Å². The minimum atomic E-state index is -0.206. The molecule has 0 spiro atoms. The van der Waals surface area contributed by atoms with Gasteiger partial charge in [0.2, 0.25) is 0 Å². The van der Waals surface area contributed by atoms with Gasteiger partial charge in [0.15, 0.2) is 5.69 Å². The number of nitrogens with zero attached hydrogens (tertiary/aromatic N) is 2. The molecule has 0 bridgehead atoms. The van der Waals surface area contributed by atoms with Gasteiger partial charge >= 0.3 is 0 Å². The lowest BCUT2D eigenvalue weighted by Gasteiger charge is -2.25. The molecule has 0 radical (unpaired) electrons. The lowest BCUT2D eigenvalue weighted by molar-refractivity contribution is 0.00265. The Morgan fingerprint density at radius 3 is 2.59 bits per heavy atom. The number of rotatable bonds is 4. The van der Waals surface area contributed by atoms with Gasteiger partial charge in [-0.3, -0.25) is 4.79 Å². The Labute approximate surface area is 159 Å². The van der Waals surface area contributed by atoms with Crippen LogP contribution < -0.4 is 5.32 Å². The van der Waals surface area contributed by atoms with Crippen LogP contribution in [0.5, 0.6) is 0 Å². The number of amides is 1. The monoisotopic (exact) mass is 361 g/mol. The zero-order valence-electron chi connectivity index (χ0n) is 15.6. The predicted molar refractivity (Wildman–Crippen MR) is 105 cm³/mol. The minimum Gasteiger partial charge on any atom is -0.365 e. The standard InChI is InChI=1S/C22H23N3O2/c1-15(2)16-8-10-18(11-9-16)24-22(26)21-19-13-27-20(12-25(19)14-23-21)17-6-4-3-5-7-17/h3-11,14-15,20H,12-13H2,1-2H3,(H,24,26)/t20-/m1/s1. The second-order valence-corrected chi connectivity index (χ2v) is 7.13. The Bertz CT molecular complexity index is 930. The fraction of sp³-hybridized carbons (Fsp3) is 0.273. The van der Waals surface area contributed by atoms with E-state index in [0.717, 1.165) is 16.9 Å². The molecule has 2 heterocycles. The fourth-order valence-electron chi connectivity index (χ4n) is 3.33. The molecular weight excluding hydrogens is 338 g/mol. The summed E-state index contributed by atoms with van der Waals surface area (Å²) in [5.74, 6) is 0.257. The first-order valence-corrected chi connectivity index (χ1v) is 9.23. The molecule has 138 valence electrons. The average Bonchev–Trinajstić information content (AvgIpc) is 3.12. The number of imidazole rings is 1. The first kappa shape index (κ1) is 17.5. The van der Waals surface area contributed by atoms with Crippen LogP contribution in [0.3, 0.4) is 0 Å². The van der Waals surface area contributed by atoms with Crippen LogP contribution in [-0.4, -0.2) is 15.5 Å². The molecule has 0 aliphatic carbocycles. The number of anilines is 1. The number of carbonyl (C=O) groups excluding carboxylic acids is 1. The summed E-state index contributed by atoms with van der Waals surface area (Å²) in [5, 5.41) is 2.93. The Morgan fingerprint density at radius 1 is 1.15 bits per heavy atom. The fourth-order valence-corrected chi connectivity index (χ4v) is 3.33. The number of nitrogens with one attached hydrogen (secondary N) is 1. The Hall–Kier alpha value is -2.92. The smallest absolute Gasteiger partial charge is 0.276 e. The van der Waals surface area contributed by atoms with Crippen LogP contribution in [0, 0.1) is 0 Å². The van der Waals surface area contributed by atoms with E-state index in [1.54, 1.807) is 6.33 Å². The topological polar surface area (TPSA) is 56.2 Å². The molecule has 5 heteroatoms. The Balaban J connectivity index is 1.48. The van der Waals surface area contributed by atoms with Gasteiger partial charge in [-0.15, -0.1) is 0 Å². The van der Waals surface area contributed by atoms with Crippen LogP contribution in [0.25, 0.3) is 0 Å². The molecule has 1 N–H and O–H groups in total. The summed E-state index contributed by atoms with van der Waals surface area (Å²) in [7, 11) is 0.